The van der Waals surface area contributed by atoms with Crippen LogP contribution in [0.25, 0.3) is 0 Å². The van der Waals surface area contributed by atoms with Crippen molar-refractivity contribution in [3.63, 3.8) is 0 Å². The molecule has 146 valence electrons. The quantitative estimate of drug-likeness (QED) is 0.221. The molecule has 0 aromatic rings. The van der Waals surface area contributed by atoms with Crippen LogP contribution in [0.4, 0.5) is 0 Å². The molecule has 25 heavy (non-hydrogen) atoms. The minimum absolute atomic E-state index is 0. The number of methoxy groups -OCH3 is 1. The summed E-state index contributed by atoms with van der Waals surface area (Å²) >= 11 is 0. The molecule has 2 saturated heterocycles. The van der Waals surface area contributed by atoms with Gasteiger partial charge in [0.1, 0.15) is 0 Å². The van der Waals surface area contributed by atoms with Crippen LogP contribution in [0.3, 0.4) is 0 Å². The Balaban J connectivity index is 0.00000312. The zero-order valence-corrected chi connectivity index (χ0v) is 18.5. The van der Waals surface area contributed by atoms with Crippen LogP contribution in [0, 0.1) is 17.8 Å². The van der Waals surface area contributed by atoms with Gasteiger partial charge in [0.25, 0.3) is 0 Å². The second kappa shape index (κ2) is 11.2. The zero-order valence-electron chi connectivity index (χ0n) is 16.2. The molecule has 0 aromatic heterocycles. The summed E-state index contributed by atoms with van der Waals surface area (Å²) in [5, 5.41) is 3.46. The molecule has 7 heteroatoms. The Labute approximate surface area is 169 Å². The normalized spacial score (nSPS) is 27.8. The molecule has 1 N–H and O–H groups in total. The molecule has 2 heterocycles. The van der Waals surface area contributed by atoms with Crippen molar-refractivity contribution in [2.24, 2.45) is 22.7 Å². The van der Waals surface area contributed by atoms with E-state index in [9.17, 15) is 4.79 Å². The molecular formula is C18H35IN4O2. The highest BCUT2D eigenvalue weighted by atomic mass is 127. The molecule has 6 nitrogen and oxygen atoms in total. The predicted octanol–water partition coefficient (Wildman–Crippen LogP) is 2.04. The molecule has 2 fully saturated rings. The number of hydrogen-bond donors (Lipinski definition) is 1. The van der Waals surface area contributed by atoms with Gasteiger partial charge in [0.2, 0.25) is 0 Å². The van der Waals surface area contributed by atoms with E-state index in [-0.39, 0.29) is 35.9 Å². The standard InChI is InChI=1S/C18H34N4O2.HI/c1-14-7-5-9-21(11-14)10-6-8-20-18(19-3)22-12-15(2)16(13-22)17(23)24-4;/h14-16H,5-13H2,1-4H3,(H,19,20);1H. The van der Waals surface area contributed by atoms with Crippen LogP contribution in [0.2, 0.25) is 0 Å². The molecule has 0 radical (unpaired) electrons. The summed E-state index contributed by atoms with van der Waals surface area (Å²) in [5.41, 5.74) is 0. The first kappa shape index (κ1) is 22.5. The van der Waals surface area contributed by atoms with Crippen LogP contribution in [-0.2, 0) is 9.53 Å². The van der Waals surface area contributed by atoms with Gasteiger partial charge >= 0.3 is 5.97 Å². The number of esters is 1. The number of halogens is 1. The molecule has 3 atom stereocenters. The maximum atomic E-state index is 11.8. The number of aliphatic imine (C=N–C) groups is 1. The van der Waals surface area contributed by atoms with E-state index < -0.39 is 0 Å². The van der Waals surface area contributed by atoms with E-state index in [1.165, 1.54) is 33.0 Å². The number of guanidine groups is 1. The summed E-state index contributed by atoms with van der Waals surface area (Å²) < 4.78 is 4.91. The Morgan fingerprint density at radius 2 is 2.04 bits per heavy atom. The molecule has 3 unspecified atom stereocenters. The third-order valence-electron chi connectivity index (χ3n) is 5.30. The van der Waals surface area contributed by atoms with Gasteiger partial charge in [0, 0.05) is 33.2 Å². The van der Waals surface area contributed by atoms with E-state index in [4.69, 9.17) is 4.74 Å². The summed E-state index contributed by atoms with van der Waals surface area (Å²) in [5.74, 6) is 1.87. The van der Waals surface area contributed by atoms with Crippen molar-refractivity contribution in [3.05, 3.63) is 0 Å². The second-order valence-corrected chi connectivity index (χ2v) is 7.39. The number of rotatable bonds is 5. The molecule has 2 aliphatic rings. The number of carbonyl (C=O) groups excluding carboxylic acids is 1. The minimum Gasteiger partial charge on any atom is -0.469 e. The molecule has 2 rings (SSSR count). The smallest absolute Gasteiger partial charge is 0.310 e. The van der Waals surface area contributed by atoms with Crippen molar-refractivity contribution in [2.45, 2.75) is 33.1 Å². The maximum Gasteiger partial charge on any atom is 0.310 e. The Hall–Kier alpha value is -0.570. The van der Waals surface area contributed by atoms with Crippen LogP contribution >= 0.6 is 24.0 Å². The second-order valence-electron chi connectivity index (χ2n) is 7.39. The van der Waals surface area contributed by atoms with E-state index in [2.05, 4.69) is 34.0 Å². The fourth-order valence-electron chi connectivity index (χ4n) is 3.92. The van der Waals surface area contributed by atoms with Crippen LogP contribution < -0.4 is 5.32 Å². The van der Waals surface area contributed by atoms with Gasteiger partial charge in [0.15, 0.2) is 5.96 Å². The van der Waals surface area contributed by atoms with Gasteiger partial charge in [-0.1, -0.05) is 13.8 Å². The van der Waals surface area contributed by atoms with Gasteiger partial charge in [-0.3, -0.25) is 9.79 Å². The first-order valence-corrected chi connectivity index (χ1v) is 9.31. The topological polar surface area (TPSA) is 57.2 Å². The first-order valence-electron chi connectivity index (χ1n) is 9.31. The Morgan fingerprint density at radius 1 is 1.28 bits per heavy atom. The Bertz CT molecular complexity index is 447. The number of piperidine rings is 1. The van der Waals surface area contributed by atoms with Crippen molar-refractivity contribution in [2.75, 3.05) is 53.4 Å². The first-order chi connectivity index (χ1) is 11.5. The lowest BCUT2D eigenvalue weighted by Gasteiger charge is -2.31. The van der Waals surface area contributed by atoms with Gasteiger partial charge in [-0.2, -0.15) is 0 Å². The van der Waals surface area contributed by atoms with Crippen molar-refractivity contribution >= 4 is 35.9 Å². The van der Waals surface area contributed by atoms with Crippen LogP contribution in [0.5, 0.6) is 0 Å². The fraction of sp³-hybridized carbons (Fsp3) is 0.889. The zero-order chi connectivity index (χ0) is 17.5. The van der Waals surface area contributed by atoms with Gasteiger partial charge in [-0.25, -0.2) is 0 Å². The average Bonchev–Trinajstić information content (AvgIpc) is 2.96. The molecule has 0 aromatic carbocycles. The predicted molar refractivity (Wildman–Crippen MR) is 112 cm³/mol. The van der Waals surface area contributed by atoms with Crippen LogP contribution in [-0.4, -0.2) is 75.2 Å². The lowest BCUT2D eigenvalue weighted by atomic mass is 9.99. The molecule has 0 spiro atoms. The Kier molecular flexibility index (Phi) is 10.1. The lowest BCUT2D eigenvalue weighted by Crippen LogP contribution is -2.42. The summed E-state index contributed by atoms with van der Waals surface area (Å²) in [4.78, 5) is 21.0. The summed E-state index contributed by atoms with van der Waals surface area (Å²) in [6.45, 7) is 10.5. The summed E-state index contributed by atoms with van der Waals surface area (Å²) in [6.07, 6.45) is 3.82. The van der Waals surface area contributed by atoms with Gasteiger partial charge in [-0.15, -0.1) is 24.0 Å². The third kappa shape index (κ3) is 6.58. The van der Waals surface area contributed by atoms with Gasteiger partial charge in [-0.05, 0) is 44.2 Å². The number of nitrogens with zero attached hydrogens (tertiary/aromatic N) is 3. The molecule has 0 aliphatic carbocycles. The largest absolute Gasteiger partial charge is 0.469 e. The average molecular weight is 466 g/mol. The molecule has 0 bridgehead atoms. The van der Waals surface area contributed by atoms with Crippen molar-refractivity contribution in [1.82, 2.24) is 15.1 Å². The van der Waals surface area contributed by atoms with E-state index in [1.54, 1.807) is 0 Å². The van der Waals surface area contributed by atoms with Crippen molar-refractivity contribution in [3.8, 4) is 0 Å². The number of likely N-dealkylation sites (tertiary alicyclic amines) is 2. The summed E-state index contributed by atoms with van der Waals surface area (Å²) in [7, 11) is 3.27. The van der Waals surface area contributed by atoms with Crippen LogP contribution in [0.1, 0.15) is 33.1 Å². The molecule has 2 aliphatic heterocycles. The third-order valence-corrected chi connectivity index (χ3v) is 5.30. The van der Waals surface area contributed by atoms with E-state index in [0.29, 0.717) is 12.5 Å². The van der Waals surface area contributed by atoms with Gasteiger partial charge < -0.3 is 19.9 Å². The monoisotopic (exact) mass is 466 g/mol. The van der Waals surface area contributed by atoms with E-state index >= 15 is 0 Å². The number of nitrogens with one attached hydrogen (secondary N) is 1. The Morgan fingerprint density at radius 3 is 2.68 bits per heavy atom. The maximum absolute atomic E-state index is 11.8. The number of ether oxygens (including phenoxy) is 1. The highest BCUT2D eigenvalue weighted by Gasteiger charge is 2.36. The SMILES string of the molecule is CN=C(NCCCN1CCCC(C)C1)N1CC(C)C(C(=O)OC)C1.I. The fourth-order valence-corrected chi connectivity index (χ4v) is 3.92. The van der Waals surface area contributed by atoms with E-state index in [0.717, 1.165) is 37.9 Å². The van der Waals surface area contributed by atoms with E-state index in [1.807, 2.05) is 7.05 Å². The number of hydrogen-bond acceptors (Lipinski definition) is 4. The highest BCUT2D eigenvalue weighted by Crippen LogP contribution is 2.24. The van der Waals surface area contributed by atoms with Crippen LogP contribution in [0.15, 0.2) is 4.99 Å². The number of carbonyl (C=O) groups is 1. The lowest BCUT2D eigenvalue weighted by molar-refractivity contribution is -0.145. The highest BCUT2D eigenvalue weighted by molar-refractivity contribution is 14.0. The molecular weight excluding hydrogens is 431 g/mol. The molecule has 0 amide bonds. The van der Waals surface area contributed by atoms with Gasteiger partial charge in [0.05, 0.1) is 13.0 Å². The molecule has 0 saturated carbocycles. The minimum atomic E-state index is -0.111. The van der Waals surface area contributed by atoms with Crippen molar-refractivity contribution < 1.29 is 9.53 Å². The van der Waals surface area contributed by atoms with Crippen molar-refractivity contribution in [1.29, 1.82) is 0 Å². The summed E-state index contributed by atoms with van der Waals surface area (Å²) in [6, 6.07) is 0.